The van der Waals surface area contributed by atoms with Crippen molar-refractivity contribution in [3.63, 3.8) is 0 Å². The molecule has 3 heterocycles. The Morgan fingerprint density at radius 1 is 0.929 bits per heavy atom. The normalized spacial score (nSPS) is 11.3. The summed E-state index contributed by atoms with van der Waals surface area (Å²) in [4.78, 5) is 22.7. The molecule has 5 rings (SSSR count). The number of hydrogen-bond acceptors (Lipinski definition) is 3. The van der Waals surface area contributed by atoms with Gasteiger partial charge in [-0.25, -0.2) is 9.97 Å². The predicted molar refractivity (Wildman–Crippen MR) is 111 cm³/mol. The van der Waals surface area contributed by atoms with E-state index in [0.717, 1.165) is 22.2 Å². The zero-order valence-electron chi connectivity index (χ0n) is 15.4. The van der Waals surface area contributed by atoms with Crippen molar-refractivity contribution in [2.75, 3.05) is 0 Å². The van der Waals surface area contributed by atoms with Gasteiger partial charge in [-0.05, 0) is 42.3 Å². The summed E-state index contributed by atoms with van der Waals surface area (Å²) in [6.45, 7) is 2.61. The molecule has 0 amide bonds. The predicted octanol–water partition coefficient (Wildman–Crippen LogP) is 4.09. The number of hydrogen-bond donors (Lipinski definition) is 0. The van der Waals surface area contributed by atoms with Gasteiger partial charge in [0.25, 0.3) is 5.56 Å². The first kappa shape index (κ1) is 16.4. The maximum Gasteiger partial charge on any atom is 0.282 e. The molecule has 3 aromatic heterocycles. The van der Waals surface area contributed by atoms with Crippen molar-refractivity contribution in [2.24, 2.45) is 0 Å². The van der Waals surface area contributed by atoms with Gasteiger partial charge in [0.05, 0.1) is 12.0 Å². The van der Waals surface area contributed by atoms with E-state index in [9.17, 15) is 4.79 Å². The standard InChI is InChI=1S/C23H18N4O/c1-16-7-5-10-18(13-16)27-22-19(11-6-12-24-22)20-21(23(27)28)26(15-25-20)14-17-8-3-2-4-9-17/h2-13,15H,14H2,1H3. The zero-order chi connectivity index (χ0) is 19.1. The highest BCUT2D eigenvalue weighted by molar-refractivity contribution is 6.01. The largest absolute Gasteiger partial charge is 0.322 e. The number of nitrogens with zero attached hydrogens (tertiary/aromatic N) is 4. The minimum atomic E-state index is -0.111. The van der Waals surface area contributed by atoms with E-state index < -0.39 is 0 Å². The summed E-state index contributed by atoms with van der Waals surface area (Å²) in [6.07, 6.45) is 3.45. The Balaban J connectivity index is 1.85. The van der Waals surface area contributed by atoms with Gasteiger partial charge in [0.15, 0.2) is 0 Å². The van der Waals surface area contributed by atoms with Crippen LogP contribution in [0.4, 0.5) is 0 Å². The molecular formula is C23H18N4O. The van der Waals surface area contributed by atoms with E-state index in [1.54, 1.807) is 17.1 Å². The number of pyridine rings is 2. The quantitative estimate of drug-likeness (QED) is 0.483. The van der Waals surface area contributed by atoms with E-state index in [4.69, 9.17) is 0 Å². The van der Waals surface area contributed by atoms with Crippen LogP contribution >= 0.6 is 0 Å². The van der Waals surface area contributed by atoms with E-state index in [2.05, 4.69) is 9.97 Å². The summed E-state index contributed by atoms with van der Waals surface area (Å²) in [5.41, 5.74) is 4.80. The number of fused-ring (bicyclic) bond motifs is 3. The Morgan fingerprint density at radius 3 is 2.61 bits per heavy atom. The molecule has 0 atom stereocenters. The van der Waals surface area contributed by atoms with Crippen LogP contribution < -0.4 is 5.56 Å². The van der Waals surface area contributed by atoms with Gasteiger partial charge in [-0.15, -0.1) is 0 Å². The zero-order valence-corrected chi connectivity index (χ0v) is 15.4. The molecule has 0 bridgehead atoms. The fourth-order valence-corrected chi connectivity index (χ4v) is 3.67. The van der Waals surface area contributed by atoms with Gasteiger partial charge in [-0.1, -0.05) is 42.5 Å². The highest BCUT2D eigenvalue weighted by Gasteiger charge is 2.17. The first-order valence-electron chi connectivity index (χ1n) is 9.18. The van der Waals surface area contributed by atoms with Crippen molar-refractivity contribution in [3.05, 3.63) is 101 Å². The second kappa shape index (κ2) is 6.46. The Bertz CT molecular complexity index is 1370. The molecule has 0 radical (unpaired) electrons. The minimum Gasteiger partial charge on any atom is -0.322 e. The van der Waals surface area contributed by atoms with Crippen LogP contribution in [0.5, 0.6) is 0 Å². The van der Waals surface area contributed by atoms with E-state index in [0.29, 0.717) is 23.2 Å². The monoisotopic (exact) mass is 366 g/mol. The highest BCUT2D eigenvalue weighted by atomic mass is 16.1. The molecule has 5 heteroatoms. The lowest BCUT2D eigenvalue weighted by Crippen LogP contribution is -2.22. The number of imidazole rings is 1. The third-order valence-corrected chi connectivity index (χ3v) is 4.95. The summed E-state index contributed by atoms with van der Waals surface area (Å²) >= 11 is 0. The SMILES string of the molecule is Cc1cccc(-n2c(=O)c3c(ncn3Cc3ccccc3)c3cccnc32)c1. The second-order valence-electron chi connectivity index (χ2n) is 6.91. The maximum atomic E-state index is 13.6. The lowest BCUT2D eigenvalue weighted by atomic mass is 10.2. The number of aromatic nitrogens is 4. The Labute approximate surface area is 161 Å². The fourth-order valence-electron chi connectivity index (χ4n) is 3.67. The maximum absolute atomic E-state index is 13.6. The Morgan fingerprint density at radius 2 is 1.79 bits per heavy atom. The van der Waals surface area contributed by atoms with Crippen molar-refractivity contribution in [1.29, 1.82) is 0 Å². The average Bonchev–Trinajstić information content (AvgIpc) is 3.13. The summed E-state index contributed by atoms with van der Waals surface area (Å²) in [7, 11) is 0. The third-order valence-electron chi connectivity index (χ3n) is 4.95. The van der Waals surface area contributed by atoms with Crippen LogP contribution in [-0.2, 0) is 6.54 Å². The third kappa shape index (κ3) is 2.60. The van der Waals surface area contributed by atoms with Gasteiger partial charge < -0.3 is 4.57 Å². The molecular weight excluding hydrogens is 348 g/mol. The minimum absolute atomic E-state index is 0.111. The molecule has 0 fully saturated rings. The Hall–Kier alpha value is -3.73. The van der Waals surface area contributed by atoms with Crippen molar-refractivity contribution < 1.29 is 0 Å². The lowest BCUT2D eigenvalue weighted by Gasteiger charge is -2.12. The van der Waals surface area contributed by atoms with Crippen LogP contribution in [0.3, 0.4) is 0 Å². The smallest absolute Gasteiger partial charge is 0.282 e. The average molecular weight is 366 g/mol. The fraction of sp³-hybridized carbons (Fsp3) is 0.0870. The van der Waals surface area contributed by atoms with Gasteiger partial charge in [-0.3, -0.25) is 9.36 Å². The van der Waals surface area contributed by atoms with E-state index in [1.165, 1.54) is 0 Å². The molecule has 5 nitrogen and oxygen atoms in total. The van der Waals surface area contributed by atoms with Crippen molar-refractivity contribution >= 4 is 22.1 Å². The first-order chi connectivity index (χ1) is 13.7. The lowest BCUT2D eigenvalue weighted by molar-refractivity contribution is 0.816. The van der Waals surface area contributed by atoms with Crippen LogP contribution in [0.2, 0.25) is 0 Å². The molecule has 136 valence electrons. The number of aryl methyl sites for hydroxylation is 1. The van der Waals surface area contributed by atoms with Crippen molar-refractivity contribution in [1.82, 2.24) is 19.1 Å². The molecule has 0 aliphatic rings. The molecule has 0 N–H and O–H groups in total. The summed E-state index contributed by atoms with van der Waals surface area (Å²) in [5, 5.41) is 0.866. The van der Waals surface area contributed by atoms with Crippen LogP contribution in [0.25, 0.3) is 27.8 Å². The second-order valence-corrected chi connectivity index (χ2v) is 6.91. The van der Waals surface area contributed by atoms with Gasteiger partial charge in [0.2, 0.25) is 0 Å². The summed E-state index contributed by atoms with van der Waals surface area (Å²) in [6, 6.07) is 21.8. The van der Waals surface area contributed by atoms with Crippen molar-refractivity contribution in [3.8, 4) is 5.69 Å². The van der Waals surface area contributed by atoms with Crippen LogP contribution in [0.15, 0.2) is 84.0 Å². The van der Waals surface area contributed by atoms with Crippen molar-refractivity contribution in [2.45, 2.75) is 13.5 Å². The van der Waals surface area contributed by atoms with E-state index in [1.807, 2.05) is 78.2 Å². The van der Waals surface area contributed by atoms with Gasteiger partial charge in [0.1, 0.15) is 16.7 Å². The molecule has 5 aromatic rings. The van der Waals surface area contributed by atoms with Gasteiger partial charge in [0, 0.05) is 18.1 Å². The molecule has 0 spiro atoms. The van der Waals surface area contributed by atoms with Gasteiger partial charge in [-0.2, -0.15) is 0 Å². The highest BCUT2D eigenvalue weighted by Crippen LogP contribution is 2.23. The van der Waals surface area contributed by atoms with Crippen LogP contribution in [0, 0.1) is 6.92 Å². The molecule has 0 saturated heterocycles. The number of rotatable bonds is 3. The molecule has 0 unspecified atom stereocenters. The Kier molecular flexibility index (Phi) is 3.79. The first-order valence-corrected chi connectivity index (χ1v) is 9.18. The number of benzene rings is 2. The summed E-state index contributed by atoms with van der Waals surface area (Å²) < 4.78 is 3.61. The molecule has 0 aliphatic heterocycles. The van der Waals surface area contributed by atoms with Gasteiger partial charge >= 0.3 is 0 Å². The molecule has 0 saturated carbocycles. The molecule has 2 aromatic carbocycles. The topological polar surface area (TPSA) is 52.7 Å². The van der Waals surface area contributed by atoms with E-state index in [-0.39, 0.29) is 5.56 Å². The molecule has 28 heavy (non-hydrogen) atoms. The van der Waals surface area contributed by atoms with E-state index >= 15 is 0 Å². The van der Waals surface area contributed by atoms with Crippen LogP contribution in [0.1, 0.15) is 11.1 Å². The molecule has 0 aliphatic carbocycles. The summed E-state index contributed by atoms with van der Waals surface area (Å²) in [5.74, 6) is 0. The van der Waals surface area contributed by atoms with Crippen LogP contribution in [-0.4, -0.2) is 19.1 Å².